The zero-order valence-electron chi connectivity index (χ0n) is 9.88. The molecule has 0 radical (unpaired) electrons. The van der Waals surface area contributed by atoms with Crippen molar-refractivity contribution in [3.05, 3.63) is 23.9 Å². The largest absolute Gasteiger partial charge is 0.384 e. The van der Waals surface area contributed by atoms with Crippen molar-refractivity contribution in [2.24, 2.45) is 0 Å². The van der Waals surface area contributed by atoms with Gasteiger partial charge in [0.2, 0.25) is 10.0 Å². The number of hydrogen-bond donors (Lipinski definition) is 2. The lowest BCUT2D eigenvalue weighted by Crippen LogP contribution is -2.20. The van der Waals surface area contributed by atoms with E-state index in [1.807, 2.05) is 0 Å². The van der Waals surface area contributed by atoms with E-state index >= 15 is 0 Å². The number of anilines is 1. The second-order valence-electron chi connectivity index (χ2n) is 3.28. The summed E-state index contributed by atoms with van der Waals surface area (Å²) in [5, 5.41) is 8.55. The van der Waals surface area contributed by atoms with Gasteiger partial charge in [-0.15, -0.1) is 0 Å². The zero-order chi connectivity index (χ0) is 13.4. The zero-order valence-corrected chi connectivity index (χ0v) is 10.7. The van der Waals surface area contributed by atoms with Crippen LogP contribution in [0.4, 0.5) is 5.82 Å². The third-order valence-corrected chi connectivity index (χ3v) is 3.09. The molecule has 7 heteroatoms. The molecule has 2 N–H and O–H groups in total. The summed E-state index contributed by atoms with van der Waals surface area (Å²) < 4.78 is 30.2. The SMILES string of the molecule is COCCS(=O)(=O)Nc1cccc(C#CCO)n1. The maximum absolute atomic E-state index is 11.6. The standard InChI is InChI=1S/C11H14N2O4S/c1-17-8-9-18(15,16)13-11-6-2-4-10(12-11)5-3-7-14/h2,4,6,14H,7-9H2,1H3,(H,12,13). The van der Waals surface area contributed by atoms with Gasteiger partial charge in [0.15, 0.2) is 0 Å². The van der Waals surface area contributed by atoms with E-state index in [0.717, 1.165) is 0 Å². The minimum absolute atomic E-state index is 0.110. The molecule has 6 nitrogen and oxygen atoms in total. The van der Waals surface area contributed by atoms with E-state index in [9.17, 15) is 8.42 Å². The Bertz CT molecular complexity index is 546. The number of rotatable bonds is 5. The lowest BCUT2D eigenvalue weighted by Gasteiger charge is -2.06. The molecule has 1 heterocycles. The molecule has 0 bridgehead atoms. The number of sulfonamides is 1. The smallest absolute Gasteiger partial charge is 0.236 e. The van der Waals surface area contributed by atoms with E-state index in [2.05, 4.69) is 21.5 Å². The van der Waals surface area contributed by atoms with Gasteiger partial charge < -0.3 is 9.84 Å². The molecule has 1 aromatic heterocycles. The highest BCUT2D eigenvalue weighted by atomic mass is 32.2. The van der Waals surface area contributed by atoms with Crippen LogP contribution in [0.3, 0.4) is 0 Å². The topological polar surface area (TPSA) is 88.5 Å². The van der Waals surface area contributed by atoms with Crippen LogP contribution in [-0.4, -0.2) is 44.6 Å². The quantitative estimate of drug-likeness (QED) is 0.724. The molecule has 0 aliphatic heterocycles. The third-order valence-electron chi connectivity index (χ3n) is 1.86. The van der Waals surface area contributed by atoms with Crippen LogP contribution < -0.4 is 4.72 Å². The number of aromatic nitrogens is 1. The average molecular weight is 270 g/mol. The summed E-state index contributed by atoms with van der Waals surface area (Å²) in [7, 11) is -2.04. The number of nitrogens with zero attached hydrogens (tertiary/aromatic N) is 1. The lowest BCUT2D eigenvalue weighted by atomic mass is 10.3. The van der Waals surface area contributed by atoms with Gasteiger partial charge in [0, 0.05) is 7.11 Å². The molecule has 1 rings (SSSR count). The summed E-state index contributed by atoms with van der Waals surface area (Å²) in [5.74, 6) is 5.08. The molecular weight excluding hydrogens is 256 g/mol. The van der Waals surface area contributed by atoms with Crippen LogP contribution in [0.5, 0.6) is 0 Å². The highest BCUT2D eigenvalue weighted by Crippen LogP contribution is 2.06. The highest BCUT2D eigenvalue weighted by molar-refractivity contribution is 7.92. The van der Waals surface area contributed by atoms with E-state index in [1.165, 1.54) is 13.2 Å². The van der Waals surface area contributed by atoms with Crippen LogP contribution in [0.25, 0.3) is 0 Å². The number of aliphatic hydroxyl groups excluding tert-OH is 1. The maximum Gasteiger partial charge on any atom is 0.236 e. The van der Waals surface area contributed by atoms with Crippen LogP contribution >= 0.6 is 0 Å². The van der Waals surface area contributed by atoms with Crippen LogP contribution in [0.2, 0.25) is 0 Å². The molecule has 0 atom stereocenters. The molecule has 0 aliphatic carbocycles. The predicted octanol–water partition coefficient (Wildman–Crippen LogP) is -0.187. The fraction of sp³-hybridized carbons (Fsp3) is 0.364. The number of aliphatic hydroxyl groups is 1. The van der Waals surface area contributed by atoms with Crippen LogP contribution in [0.15, 0.2) is 18.2 Å². The maximum atomic E-state index is 11.6. The third kappa shape index (κ3) is 5.14. The van der Waals surface area contributed by atoms with Crippen molar-refractivity contribution in [2.45, 2.75) is 0 Å². The Morgan fingerprint density at radius 1 is 1.50 bits per heavy atom. The molecule has 0 fully saturated rings. The molecule has 0 amide bonds. The first-order chi connectivity index (χ1) is 8.57. The molecule has 0 spiro atoms. The number of nitrogens with one attached hydrogen (secondary N) is 1. The number of hydrogen-bond acceptors (Lipinski definition) is 5. The molecule has 0 saturated carbocycles. The van der Waals surface area contributed by atoms with E-state index in [4.69, 9.17) is 9.84 Å². The lowest BCUT2D eigenvalue weighted by molar-refractivity contribution is 0.217. The first-order valence-electron chi connectivity index (χ1n) is 5.13. The molecule has 0 unspecified atom stereocenters. The molecule has 98 valence electrons. The van der Waals surface area contributed by atoms with Gasteiger partial charge in [0.05, 0.1) is 12.4 Å². The van der Waals surface area contributed by atoms with E-state index in [0.29, 0.717) is 5.69 Å². The van der Waals surface area contributed by atoms with Crippen molar-refractivity contribution in [3.8, 4) is 11.8 Å². The fourth-order valence-electron chi connectivity index (χ4n) is 1.09. The van der Waals surface area contributed by atoms with Gasteiger partial charge >= 0.3 is 0 Å². The summed E-state index contributed by atoms with van der Waals surface area (Å²) in [6, 6.07) is 4.77. The van der Waals surface area contributed by atoms with Crippen molar-refractivity contribution in [3.63, 3.8) is 0 Å². The average Bonchev–Trinajstić information content (AvgIpc) is 2.34. The van der Waals surface area contributed by atoms with Gasteiger partial charge in [-0.2, -0.15) is 0 Å². The monoisotopic (exact) mass is 270 g/mol. The minimum atomic E-state index is -3.47. The molecular formula is C11H14N2O4S. The number of pyridine rings is 1. The Morgan fingerprint density at radius 3 is 2.94 bits per heavy atom. The Labute approximate surface area is 106 Å². The summed E-state index contributed by atoms with van der Waals surface area (Å²) >= 11 is 0. The van der Waals surface area contributed by atoms with Crippen molar-refractivity contribution >= 4 is 15.8 Å². The summed E-state index contributed by atoms with van der Waals surface area (Å²) in [4.78, 5) is 3.99. The van der Waals surface area contributed by atoms with Crippen LogP contribution in [-0.2, 0) is 14.8 Å². The summed E-state index contributed by atoms with van der Waals surface area (Å²) in [6.07, 6.45) is 0. The summed E-state index contributed by atoms with van der Waals surface area (Å²) in [5.41, 5.74) is 0.385. The second-order valence-corrected chi connectivity index (χ2v) is 5.12. The second kappa shape index (κ2) is 6.96. The van der Waals surface area contributed by atoms with Crippen molar-refractivity contribution in [2.75, 3.05) is 30.8 Å². The van der Waals surface area contributed by atoms with Gasteiger partial charge in [0.25, 0.3) is 0 Å². The molecule has 18 heavy (non-hydrogen) atoms. The van der Waals surface area contributed by atoms with Crippen molar-refractivity contribution in [1.82, 2.24) is 4.98 Å². The molecule has 1 aromatic rings. The highest BCUT2D eigenvalue weighted by Gasteiger charge is 2.10. The predicted molar refractivity (Wildman–Crippen MR) is 67.5 cm³/mol. The number of ether oxygens (including phenoxy) is 1. The Kier molecular flexibility index (Phi) is 5.58. The van der Waals surface area contributed by atoms with Gasteiger partial charge in [-0.1, -0.05) is 12.0 Å². The normalized spacial score (nSPS) is 10.6. The Balaban J connectivity index is 2.79. The first-order valence-corrected chi connectivity index (χ1v) is 6.79. The Morgan fingerprint density at radius 2 is 2.28 bits per heavy atom. The van der Waals surface area contributed by atoms with E-state index in [1.54, 1.807) is 12.1 Å². The van der Waals surface area contributed by atoms with Crippen molar-refractivity contribution < 1.29 is 18.3 Å². The summed E-state index contributed by atoms with van der Waals surface area (Å²) in [6.45, 7) is -0.162. The molecule has 0 aromatic carbocycles. The van der Waals surface area contributed by atoms with Gasteiger partial charge in [-0.05, 0) is 18.1 Å². The first kappa shape index (κ1) is 14.4. The van der Waals surface area contributed by atoms with Crippen LogP contribution in [0.1, 0.15) is 5.69 Å². The molecule has 0 aliphatic rings. The van der Waals surface area contributed by atoms with E-state index in [-0.39, 0.29) is 24.8 Å². The van der Waals surface area contributed by atoms with Crippen LogP contribution in [0, 0.1) is 11.8 Å². The van der Waals surface area contributed by atoms with E-state index < -0.39 is 10.0 Å². The van der Waals surface area contributed by atoms with Gasteiger partial charge in [-0.3, -0.25) is 4.72 Å². The molecule has 0 saturated heterocycles. The van der Waals surface area contributed by atoms with Gasteiger partial charge in [0.1, 0.15) is 18.1 Å². The number of methoxy groups -OCH3 is 1. The fourth-order valence-corrected chi connectivity index (χ4v) is 2.02. The van der Waals surface area contributed by atoms with Crippen molar-refractivity contribution in [1.29, 1.82) is 0 Å². The Hall–Kier alpha value is -1.62. The van der Waals surface area contributed by atoms with Gasteiger partial charge in [-0.25, -0.2) is 13.4 Å². The minimum Gasteiger partial charge on any atom is -0.384 e.